The van der Waals surface area contributed by atoms with E-state index in [1.54, 1.807) is 6.92 Å². The molecule has 1 aliphatic carbocycles. The topological polar surface area (TPSA) is 55.1 Å². The van der Waals surface area contributed by atoms with Gasteiger partial charge >= 0.3 is 0 Å². The van der Waals surface area contributed by atoms with Gasteiger partial charge in [-0.05, 0) is 50.9 Å². The number of hydrogen-bond donors (Lipinski definition) is 1. The SMILES string of the molecule is Cc1noc(C)c1C(=O)NC1CCC(C(C)(C)C)CC1. The van der Waals surface area contributed by atoms with Crippen LogP contribution < -0.4 is 5.32 Å². The van der Waals surface area contributed by atoms with Crippen molar-refractivity contribution in [3.63, 3.8) is 0 Å². The van der Waals surface area contributed by atoms with Gasteiger partial charge in [0, 0.05) is 6.04 Å². The molecule has 1 fully saturated rings. The average molecular weight is 278 g/mol. The van der Waals surface area contributed by atoms with Crippen LogP contribution in [-0.4, -0.2) is 17.1 Å². The Hall–Kier alpha value is -1.32. The second kappa shape index (κ2) is 5.58. The lowest BCUT2D eigenvalue weighted by Crippen LogP contribution is -2.39. The van der Waals surface area contributed by atoms with Crippen LogP contribution >= 0.6 is 0 Å². The Kier molecular flexibility index (Phi) is 4.21. The van der Waals surface area contributed by atoms with Gasteiger partial charge in [-0.15, -0.1) is 0 Å². The summed E-state index contributed by atoms with van der Waals surface area (Å²) in [5.74, 6) is 1.32. The quantitative estimate of drug-likeness (QED) is 0.898. The standard InChI is InChI=1S/C16H26N2O2/c1-10-14(11(2)20-18-10)15(19)17-13-8-6-12(7-9-13)16(3,4)5/h12-13H,6-9H2,1-5H3,(H,17,19). The number of aryl methyl sites for hydroxylation is 2. The fourth-order valence-electron chi connectivity index (χ4n) is 3.17. The second-order valence-corrected chi connectivity index (χ2v) is 7.09. The molecule has 1 N–H and O–H groups in total. The summed E-state index contributed by atoms with van der Waals surface area (Å²) < 4.78 is 5.06. The van der Waals surface area contributed by atoms with Crippen LogP contribution in [0.15, 0.2) is 4.52 Å². The molecule has 0 unspecified atom stereocenters. The van der Waals surface area contributed by atoms with Crippen molar-refractivity contribution in [2.24, 2.45) is 11.3 Å². The van der Waals surface area contributed by atoms with Crippen LogP contribution in [0.2, 0.25) is 0 Å². The number of carbonyl (C=O) groups is 1. The first-order valence-corrected chi connectivity index (χ1v) is 7.52. The molecule has 4 nitrogen and oxygen atoms in total. The number of nitrogens with one attached hydrogen (secondary N) is 1. The Labute approximate surface area is 121 Å². The van der Waals surface area contributed by atoms with Gasteiger partial charge in [-0.3, -0.25) is 4.79 Å². The van der Waals surface area contributed by atoms with Crippen LogP contribution in [0.4, 0.5) is 0 Å². The number of hydrogen-bond acceptors (Lipinski definition) is 3. The molecule has 0 radical (unpaired) electrons. The summed E-state index contributed by atoms with van der Waals surface area (Å²) in [4.78, 5) is 12.3. The molecule has 0 aromatic carbocycles. The normalized spacial score (nSPS) is 23.6. The summed E-state index contributed by atoms with van der Waals surface area (Å²) in [6.45, 7) is 10.5. The second-order valence-electron chi connectivity index (χ2n) is 7.09. The van der Waals surface area contributed by atoms with Gasteiger partial charge in [0.2, 0.25) is 0 Å². The van der Waals surface area contributed by atoms with Gasteiger partial charge in [0.15, 0.2) is 0 Å². The molecule has 20 heavy (non-hydrogen) atoms. The first kappa shape index (κ1) is 15.1. The molecule has 1 aromatic heterocycles. The molecule has 0 aliphatic heterocycles. The molecule has 112 valence electrons. The number of aromatic nitrogens is 1. The highest BCUT2D eigenvalue weighted by atomic mass is 16.5. The van der Waals surface area contributed by atoms with Crippen molar-refractivity contribution in [3.8, 4) is 0 Å². The highest BCUT2D eigenvalue weighted by molar-refractivity contribution is 5.96. The minimum Gasteiger partial charge on any atom is -0.361 e. The van der Waals surface area contributed by atoms with Gasteiger partial charge in [0.25, 0.3) is 5.91 Å². The van der Waals surface area contributed by atoms with Crippen LogP contribution in [-0.2, 0) is 0 Å². The molecule has 1 aliphatic rings. The van der Waals surface area contributed by atoms with Crippen LogP contribution in [0, 0.1) is 25.2 Å². The van der Waals surface area contributed by atoms with E-state index in [2.05, 4.69) is 31.2 Å². The van der Waals surface area contributed by atoms with Crippen LogP contribution in [0.1, 0.15) is 68.3 Å². The predicted octanol–water partition coefficient (Wildman–Crippen LogP) is 3.63. The lowest BCUT2D eigenvalue weighted by Gasteiger charge is -2.37. The summed E-state index contributed by atoms with van der Waals surface area (Å²) in [5, 5.41) is 6.97. The van der Waals surface area contributed by atoms with Gasteiger partial charge in [-0.25, -0.2) is 0 Å². The predicted molar refractivity (Wildman–Crippen MR) is 78.6 cm³/mol. The summed E-state index contributed by atoms with van der Waals surface area (Å²) in [6.07, 6.45) is 4.51. The monoisotopic (exact) mass is 278 g/mol. The van der Waals surface area contributed by atoms with Gasteiger partial charge in [0.1, 0.15) is 11.3 Å². The van der Waals surface area contributed by atoms with E-state index in [9.17, 15) is 4.79 Å². The minimum absolute atomic E-state index is 0.0412. The zero-order valence-electron chi connectivity index (χ0n) is 13.2. The van der Waals surface area contributed by atoms with Crippen LogP contribution in [0.3, 0.4) is 0 Å². The van der Waals surface area contributed by atoms with E-state index in [4.69, 9.17) is 4.52 Å². The Balaban J connectivity index is 1.92. The first-order valence-electron chi connectivity index (χ1n) is 7.52. The molecule has 1 amide bonds. The maximum Gasteiger partial charge on any atom is 0.257 e. The van der Waals surface area contributed by atoms with Crippen molar-refractivity contribution in [3.05, 3.63) is 17.0 Å². The molecule has 0 spiro atoms. The maximum absolute atomic E-state index is 12.3. The highest BCUT2D eigenvalue weighted by Gasteiger charge is 2.30. The van der Waals surface area contributed by atoms with Crippen molar-refractivity contribution < 1.29 is 9.32 Å². The van der Waals surface area contributed by atoms with Gasteiger partial charge in [-0.2, -0.15) is 0 Å². The molecule has 0 saturated heterocycles. The van der Waals surface area contributed by atoms with Gasteiger partial charge < -0.3 is 9.84 Å². The summed E-state index contributed by atoms with van der Waals surface area (Å²) in [7, 11) is 0. The Morgan fingerprint density at radius 2 is 1.80 bits per heavy atom. The largest absolute Gasteiger partial charge is 0.361 e. The molecule has 2 rings (SSSR count). The van der Waals surface area contributed by atoms with E-state index in [-0.39, 0.29) is 11.9 Å². The van der Waals surface area contributed by atoms with Crippen molar-refractivity contribution in [1.82, 2.24) is 10.5 Å². The van der Waals surface area contributed by atoms with Gasteiger partial charge in [0.05, 0.1) is 5.69 Å². The number of carbonyl (C=O) groups excluding carboxylic acids is 1. The average Bonchev–Trinajstić information content (AvgIpc) is 2.68. The zero-order chi connectivity index (χ0) is 14.9. The van der Waals surface area contributed by atoms with Gasteiger partial charge in [-0.1, -0.05) is 25.9 Å². The van der Waals surface area contributed by atoms with E-state index in [1.165, 1.54) is 12.8 Å². The van der Waals surface area contributed by atoms with E-state index >= 15 is 0 Å². The number of rotatable bonds is 2. The molecular formula is C16H26N2O2. The molecule has 4 heteroatoms. The fraction of sp³-hybridized carbons (Fsp3) is 0.750. The lowest BCUT2D eigenvalue weighted by atomic mass is 9.71. The maximum atomic E-state index is 12.3. The fourth-order valence-corrected chi connectivity index (χ4v) is 3.17. The van der Waals surface area contributed by atoms with E-state index in [0.29, 0.717) is 22.4 Å². The summed E-state index contributed by atoms with van der Waals surface area (Å²) >= 11 is 0. The summed E-state index contributed by atoms with van der Waals surface area (Å²) in [5.41, 5.74) is 1.64. The van der Waals surface area contributed by atoms with Crippen molar-refractivity contribution in [1.29, 1.82) is 0 Å². The Bertz CT molecular complexity index is 458. The van der Waals surface area contributed by atoms with Crippen molar-refractivity contribution in [2.75, 3.05) is 0 Å². The lowest BCUT2D eigenvalue weighted by molar-refractivity contribution is 0.0902. The third-order valence-electron chi connectivity index (χ3n) is 4.55. The van der Waals surface area contributed by atoms with E-state index < -0.39 is 0 Å². The highest BCUT2D eigenvalue weighted by Crippen LogP contribution is 2.37. The van der Waals surface area contributed by atoms with E-state index in [1.807, 2.05) is 6.92 Å². The smallest absolute Gasteiger partial charge is 0.257 e. The molecule has 1 aromatic rings. The minimum atomic E-state index is -0.0412. The molecule has 0 bridgehead atoms. The Morgan fingerprint density at radius 1 is 1.20 bits per heavy atom. The van der Waals surface area contributed by atoms with Crippen LogP contribution in [0.5, 0.6) is 0 Å². The van der Waals surface area contributed by atoms with E-state index in [0.717, 1.165) is 18.8 Å². The van der Waals surface area contributed by atoms with Crippen molar-refractivity contribution >= 4 is 5.91 Å². The Morgan fingerprint density at radius 3 is 2.25 bits per heavy atom. The molecule has 1 heterocycles. The zero-order valence-corrected chi connectivity index (χ0v) is 13.2. The molecular weight excluding hydrogens is 252 g/mol. The first-order chi connectivity index (χ1) is 9.29. The number of nitrogens with zero attached hydrogens (tertiary/aromatic N) is 1. The number of amides is 1. The summed E-state index contributed by atoms with van der Waals surface area (Å²) in [6, 6.07) is 0.287. The third kappa shape index (κ3) is 3.22. The van der Waals surface area contributed by atoms with Crippen LogP contribution in [0.25, 0.3) is 0 Å². The molecule has 0 atom stereocenters. The molecule has 1 saturated carbocycles. The third-order valence-corrected chi connectivity index (χ3v) is 4.55. The van der Waals surface area contributed by atoms with Crippen molar-refractivity contribution in [2.45, 2.75) is 66.3 Å².